The van der Waals surface area contributed by atoms with Gasteiger partial charge in [0, 0.05) is 6.20 Å². The molecule has 0 atom stereocenters. The number of ether oxygens (including phenoxy) is 1. The molecule has 2 aromatic rings. The number of hydrogen-bond donors (Lipinski definition) is 1. The Bertz CT molecular complexity index is 577. The molecule has 3 rings (SSSR count). The molecule has 0 aliphatic heterocycles. The molecule has 1 aliphatic rings. The largest absolute Gasteiger partial charge is 0.492 e. The third-order valence-electron chi connectivity index (χ3n) is 4.03. The Morgan fingerprint density at radius 2 is 2.10 bits per heavy atom. The van der Waals surface area contributed by atoms with E-state index in [1.807, 2.05) is 29.7 Å². The summed E-state index contributed by atoms with van der Waals surface area (Å²) in [6.45, 7) is 2.60. The van der Waals surface area contributed by atoms with E-state index in [0.29, 0.717) is 11.6 Å². The molecule has 4 nitrogen and oxygen atoms in total. The van der Waals surface area contributed by atoms with E-state index in [2.05, 4.69) is 4.98 Å². The lowest BCUT2D eigenvalue weighted by molar-refractivity contribution is 0.210. The molecule has 1 saturated carbocycles. The van der Waals surface area contributed by atoms with Gasteiger partial charge >= 0.3 is 0 Å². The third kappa shape index (κ3) is 2.85. The number of halogens is 1. The second-order valence-electron chi connectivity index (χ2n) is 5.40. The molecule has 0 radical (unpaired) electrons. The van der Waals surface area contributed by atoms with Gasteiger partial charge in [-0.05, 0) is 37.8 Å². The van der Waals surface area contributed by atoms with Gasteiger partial charge in [-0.3, -0.25) is 4.40 Å². The first-order valence-electron chi connectivity index (χ1n) is 7.05. The lowest BCUT2D eigenvalue weighted by Crippen LogP contribution is -2.15. The summed E-state index contributed by atoms with van der Waals surface area (Å²) < 4.78 is 7.80. The molecule has 1 aliphatic carbocycles. The van der Waals surface area contributed by atoms with Gasteiger partial charge < -0.3 is 9.84 Å². The molecular formula is C15H21ClN2O2. The van der Waals surface area contributed by atoms with Crippen LogP contribution < -0.4 is 4.74 Å². The maximum Gasteiger partial charge on any atom is 0.233 e. The third-order valence-corrected chi connectivity index (χ3v) is 4.03. The molecule has 2 aromatic heterocycles. The Balaban J connectivity index is 0.00000147. The number of pyridine rings is 1. The van der Waals surface area contributed by atoms with E-state index in [-0.39, 0.29) is 18.3 Å². The quantitative estimate of drug-likeness (QED) is 0.939. The van der Waals surface area contributed by atoms with E-state index in [4.69, 9.17) is 4.74 Å². The monoisotopic (exact) mass is 296 g/mol. The van der Waals surface area contributed by atoms with Crippen LogP contribution in [0.3, 0.4) is 0 Å². The maximum absolute atomic E-state index is 9.70. The van der Waals surface area contributed by atoms with Crippen LogP contribution in [0.25, 0.3) is 5.65 Å². The van der Waals surface area contributed by atoms with Gasteiger partial charge in [-0.2, -0.15) is 4.98 Å². The fraction of sp³-hybridized carbons (Fsp3) is 0.533. The van der Waals surface area contributed by atoms with Crippen molar-refractivity contribution in [2.45, 2.75) is 39.0 Å². The van der Waals surface area contributed by atoms with E-state index in [0.717, 1.165) is 18.1 Å². The van der Waals surface area contributed by atoms with Crippen molar-refractivity contribution in [1.29, 1.82) is 0 Å². The SMILES string of the molecule is Cc1c(O)nc2c(OCC3CCCCC3)cccn12.Cl. The van der Waals surface area contributed by atoms with Crippen molar-refractivity contribution >= 4 is 18.1 Å². The summed E-state index contributed by atoms with van der Waals surface area (Å²) in [4.78, 5) is 4.17. The van der Waals surface area contributed by atoms with Gasteiger partial charge in [-0.1, -0.05) is 19.3 Å². The highest BCUT2D eigenvalue weighted by Gasteiger charge is 2.16. The summed E-state index contributed by atoms with van der Waals surface area (Å²) in [7, 11) is 0. The van der Waals surface area contributed by atoms with Gasteiger partial charge in [0.15, 0.2) is 11.4 Å². The molecular weight excluding hydrogens is 276 g/mol. The Hall–Kier alpha value is -1.42. The van der Waals surface area contributed by atoms with E-state index in [9.17, 15) is 5.11 Å². The van der Waals surface area contributed by atoms with Gasteiger partial charge in [0.1, 0.15) is 0 Å². The first kappa shape index (κ1) is 15.0. The van der Waals surface area contributed by atoms with E-state index in [1.54, 1.807) is 0 Å². The van der Waals surface area contributed by atoms with Gasteiger partial charge in [-0.25, -0.2) is 0 Å². The maximum atomic E-state index is 9.70. The molecule has 0 amide bonds. The van der Waals surface area contributed by atoms with Gasteiger partial charge in [0.2, 0.25) is 5.88 Å². The first-order chi connectivity index (χ1) is 9.25. The number of aromatic hydroxyl groups is 1. The fourth-order valence-corrected chi connectivity index (χ4v) is 2.82. The molecule has 0 aromatic carbocycles. The molecule has 1 fully saturated rings. The zero-order valence-electron chi connectivity index (χ0n) is 11.7. The Labute approximate surface area is 125 Å². The zero-order valence-corrected chi connectivity index (χ0v) is 12.5. The highest BCUT2D eigenvalue weighted by atomic mass is 35.5. The predicted molar refractivity (Wildman–Crippen MR) is 80.9 cm³/mol. The number of fused-ring (bicyclic) bond motifs is 1. The fourth-order valence-electron chi connectivity index (χ4n) is 2.82. The predicted octanol–water partition coefficient (Wildman–Crippen LogP) is 3.73. The van der Waals surface area contributed by atoms with Crippen molar-refractivity contribution < 1.29 is 9.84 Å². The van der Waals surface area contributed by atoms with Crippen LogP contribution in [0, 0.1) is 12.8 Å². The molecule has 1 N–H and O–H groups in total. The summed E-state index contributed by atoms with van der Waals surface area (Å²) in [6, 6.07) is 3.85. The molecule has 0 spiro atoms. The minimum Gasteiger partial charge on any atom is -0.492 e. The lowest BCUT2D eigenvalue weighted by atomic mass is 9.90. The van der Waals surface area contributed by atoms with Gasteiger partial charge in [0.25, 0.3) is 0 Å². The van der Waals surface area contributed by atoms with Crippen LogP contribution in [-0.4, -0.2) is 21.1 Å². The Morgan fingerprint density at radius 3 is 2.85 bits per heavy atom. The second-order valence-corrected chi connectivity index (χ2v) is 5.40. The number of imidazole rings is 1. The summed E-state index contributed by atoms with van der Waals surface area (Å²) in [5.74, 6) is 1.50. The van der Waals surface area contributed by atoms with E-state index in [1.165, 1.54) is 32.1 Å². The summed E-state index contributed by atoms with van der Waals surface area (Å²) in [6.07, 6.45) is 8.43. The van der Waals surface area contributed by atoms with Crippen LogP contribution in [0.5, 0.6) is 11.6 Å². The van der Waals surface area contributed by atoms with Gasteiger partial charge in [-0.15, -0.1) is 12.4 Å². The average molecular weight is 297 g/mol. The first-order valence-corrected chi connectivity index (χ1v) is 7.05. The van der Waals surface area contributed by atoms with Crippen molar-refractivity contribution in [3.8, 4) is 11.6 Å². The minimum absolute atomic E-state index is 0. The van der Waals surface area contributed by atoms with Crippen molar-refractivity contribution in [3.63, 3.8) is 0 Å². The summed E-state index contributed by atoms with van der Waals surface area (Å²) in [5, 5.41) is 9.70. The molecule has 2 heterocycles. The van der Waals surface area contributed by atoms with Crippen molar-refractivity contribution in [2.24, 2.45) is 5.92 Å². The van der Waals surface area contributed by atoms with Crippen LogP contribution in [0.1, 0.15) is 37.8 Å². The van der Waals surface area contributed by atoms with E-state index < -0.39 is 0 Å². The molecule has 20 heavy (non-hydrogen) atoms. The summed E-state index contributed by atoms with van der Waals surface area (Å²) in [5.41, 5.74) is 1.45. The smallest absolute Gasteiger partial charge is 0.233 e. The highest BCUT2D eigenvalue weighted by molar-refractivity contribution is 5.85. The van der Waals surface area contributed by atoms with Gasteiger partial charge in [0.05, 0.1) is 12.3 Å². The highest BCUT2D eigenvalue weighted by Crippen LogP contribution is 2.28. The van der Waals surface area contributed by atoms with Crippen molar-refractivity contribution in [1.82, 2.24) is 9.38 Å². The standard InChI is InChI=1S/C15H20N2O2.ClH/c1-11-15(18)16-14-13(8-5-9-17(11)14)19-10-12-6-3-2-4-7-12;/h5,8-9,12,18H,2-4,6-7,10H2,1H3;1H. The molecule has 5 heteroatoms. The number of aryl methyl sites for hydroxylation is 1. The Morgan fingerprint density at radius 1 is 1.35 bits per heavy atom. The van der Waals surface area contributed by atoms with Crippen LogP contribution in [0.15, 0.2) is 18.3 Å². The van der Waals surface area contributed by atoms with Crippen LogP contribution >= 0.6 is 12.4 Å². The lowest BCUT2D eigenvalue weighted by Gasteiger charge is -2.21. The molecule has 0 saturated heterocycles. The molecule has 110 valence electrons. The summed E-state index contributed by atoms with van der Waals surface area (Å²) >= 11 is 0. The number of nitrogens with zero attached hydrogens (tertiary/aromatic N) is 2. The van der Waals surface area contributed by atoms with Crippen LogP contribution in [-0.2, 0) is 0 Å². The van der Waals surface area contributed by atoms with Crippen molar-refractivity contribution in [2.75, 3.05) is 6.61 Å². The van der Waals surface area contributed by atoms with E-state index >= 15 is 0 Å². The topological polar surface area (TPSA) is 46.8 Å². The normalized spacial score (nSPS) is 16.1. The second kappa shape index (κ2) is 6.35. The number of rotatable bonds is 3. The van der Waals surface area contributed by atoms with Crippen LogP contribution in [0.4, 0.5) is 0 Å². The Kier molecular flexibility index (Phi) is 4.76. The molecule has 0 unspecified atom stereocenters. The van der Waals surface area contributed by atoms with Crippen LogP contribution in [0.2, 0.25) is 0 Å². The minimum atomic E-state index is 0. The van der Waals surface area contributed by atoms with Crippen molar-refractivity contribution in [3.05, 3.63) is 24.0 Å². The zero-order chi connectivity index (χ0) is 13.2. The molecule has 0 bridgehead atoms. The number of aromatic nitrogens is 2. The number of hydrogen-bond acceptors (Lipinski definition) is 3. The average Bonchev–Trinajstić information content (AvgIpc) is 2.74.